The lowest BCUT2D eigenvalue weighted by Gasteiger charge is -2.16. The van der Waals surface area contributed by atoms with Gasteiger partial charge in [-0.3, -0.25) is 10.1 Å². The molecular weight excluding hydrogens is 434 g/mol. The molecule has 1 aromatic heterocycles. The van der Waals surface area contributed by atoms with Gasteiger partial charge in [0.2, 0.25) is 0 Å². The number of ether oxygens (including phenoxy) is 1. The third-order valence-corrected chi connectivity index (χ3v) is 5.78. The molecule has 1 aliphatic rings. The molecule has 0 bridgehead atoms. The minimum Gasteiger partial charge on any atom is -0.480 e. The van der Waals surface area contributed by atoms with Crippen LogP contribution in [-0.2, 0) is 9.53 Å². The molecule has 0 saturated heterocycles. The van der Waals surface area contributed by atoms with Gasteiger partial charge in [0.15, 0.2) is 5.69 Å². The fraction of sp³-hybridized carbons (Fsp3) is 0.231. The third-order valence-electron chi connectivity index (χ3n) is 5.78. The second kappa shape index (κ2) is 10.2. The van der Waals surface area contributed by atoms with E-state index in [0.717, 1.165) is 22.3 Å². The Balaban J connectivity index is 1.45. The van der Waals surface area contributed by atoms with Gasteiger partial charge in [0, 0.05) is 12.1 Å². The molecule has 1 heterocycles. The summed E-state index contributed by atoms with van der Waals surface area (Å²) in [6, 6.07) is 18.1. The molecule has 2 aromatic carbocycles. The number of hydrogen-bond donors (Lipinski definition) is 3. The van der Waals surface area contributed by atoms with Gasteiger partial charge in [0.25, 0.3) is 5.91 Å². The predicted molar refractivity (Wildman–Crippen MR) is 127 cm³/mol. The van der Waals surface area contributed by atoms with Crippen LogP contribution in [-0.4, -0.2) is 40.7 Å². The molecule has 2 amide bonds. The molecule has 8 nitrogen and oxygen atoms in total. The highest BCUT2D eigenvalue weighted by Crippen LogP contribution is 2.44. The van der Waals surface area contributed by atoms with Crippen molar-refractivity contribution in [3.8, 4) is 11.1 Å². The van der Waals surface area contributed by atoms with Crippen molar-refractivity contribution >= 4 is 23.7 Å². The lowest BCUT2D eigenvalue weighted by molar-refractivity contribution is -0.139. The summed E-state index contributed by atoms with van der Waals surface area (Å²) < 4.78 is 5.53. The Bertz CT molecular complexity index is 1180. The summed E-state index contributed by atoms with van der Waals surface area (Å²) in [6.45, 7) is 1.95. The number of pyridine rings is 1. The first-order valence-electron chi connectivity index (χ1n) is 11.1. The molecule has 3 aromatic rings. The monoisotopic (exact) mass is 459 g/mol. The van der Waals surface area contributed by atoms with Crippen molar-refractivity contribution in [1.29, 1.82) is 0 Å². The number of nitrogens with one attached hydrogen (secondary N) is 2. The SMILES string of the molecule is CCC[C@H](NC(=O)c1ncccc1NC(=O)OCC1c2ccccc2-c2ccccc21)C(=O)O. The fourth-order valence-corrected chi connectivity index (χ4v) is 4.20. The topological polar surface area (TPSA) is 118 Å². The van der Waals surface area contributed by atoms with E-state index in [-0.39, 0.29) is 30.3 Å². The summed E-state index contributed by atoms with van der Waals surface area (Å²) in [5.41, 5.74) is 4.48. The lowest BCUT2D eigenvalue weighted by Crippen LogP contribution is -2.41. The quantitative estimate of drug-likeness (QED) is 0.459. The van der Waals surface area contributed by atoms with Crippen molar-refractivity contribution < 1.29 is 24.2 Å². The van der Waals surface area contributed by atoms with Crippen molar-refractivity contribution in [3.05, 3.63) is 83.7 Å². The van der Waals surface area contributed by atoms with Crippen molar-refractivity contribution in [2.24, 2.45) is 0 Å². The molecule has 1 atom stereocenters. The number of carboxylic acids is 1. The van der Waals surface area contributed by atoms with Crippen LogP contribution in [0, 0.1) is 0 Å². The predicted octanol–water partition coefficient (Wildman–Crippen LogP) is 4.43. The van der Waals surface area contributed by atoms with E-state index in [1.165, 1.54) is 12.3 Å². The van der Waals surface area contributed by atoms with E-state index in [4.69, 9.17) is 4.74 Å². The highest BCUT2D eigenvalue weighted by Gasteiger charge is 2.29. The number of anilines is 1. The zero-order chi connectivity index (χ0) is 24.1. The second-order valence-corrected chi connectivity index (χ2v) is 8.00. The molecule has 174 valence electrons. The zero-order valence-corrected chi connectivity index (χ0v) is 18.7. The van der Waals surface area contributed by atoms with Gasteiger partial charge in [0.1, 0.15) is 12.6 Å². The van der Waals surface area contributed by atoms with Crippen molar-refractivity contribution in [3.63, 3.8) is 0 Å². The van der Waals surface area contributed by atoms with Crippen molar-refractivity contribution in [1.82, 2.24) is 10.3 Å². The van der Waals surface area contributed by atoms with E-state index in [0.29, 0.717) is 6.42 Å². The van der Waals surface area contributed by atoms with E-state index < -0.39 is 24.0 Å². The first kappa shape index (κ1) is 23.0. The number of aromatic nitrogens is 1. The number of carbonyl (C=O) groups is 3. The number of rotatable bonds is 8. The maximum absolute atomic E-state index is 12.6. The first-order chi connectivity index (χ1) is 16.5. The van der Waals surface area contributed by atoms with Crippen molar-refractivity contribution in [2.45, 2.75) is 31.7 Å². The third kappa shape index (κ3) is 4.76. The Labute approximate surface area is 197 Å². The number of nitrogens with zero attached hydrogens (tertiary/aromatic N) is 1. The maximum Gasteiger partial charge on any atom is 0.411 e. The summed E-state index contributed by atoms with van der Waals surface area (Å²) in [4.78, 5) is 40.7. The lowest BCUT2D eigenvalue weighted by atomic mass is 9.98. The van der Waals surface area contributed by atoms with Crippen LogP contribution in [0.1, 0.15) is 47.3 Å². The van der Waals surface area contributed by atoms with Crippen LogP contribution in [0.5, 0.6) is 0 Å². The van der Waals surface area contributed by atoms with Crippen LogP contribution >= 0.6 is 0 Å². The number of fused-ring (bicyclic) bond motifs is 3. The molecule has 0 unspecified atom stereocenters. The average Bonchev–Trinajstić information content (AvgIpc) is 3.16. The van der Waals surface area contributed by atoms with Crippen LogP contribution < -0.4 is 10.6 Å². The standard InChI is InChI=1S/C26H25N3O5/c1-2-8-22(25(31)32)28-24(30)23-21(13-7-14-27-23)29-26(33)34-15-20-18-11-5-3-9-16(18)17-10-4-6-12-19(17)20/h3-7,9-14,20,22H,2,8,15H2,1H3,(H,28,30)(H,29,33)(H,31,32)/t22-/m0/s1. The number of carboxylic acid groups (broad SMARTS) is 1. The van der Waals surface area contributed by atoms with Gasteiger partial charge in [-0.2, -0.15) is 0 Å². The van der Waals surface area contributed by atoms with E-state index >= 15 is 0 Å². The number of aliphatic carboxylic acids is 1. The van der Waals surface area contributed by atoms with Crippen LogP contribution in [0.25, 0.3) is 11.1 Å². The molecule has 0 radical (unpaired) electrons. The smallest absolute Gasteiger partial charge is 0.411 e. The molecule has 0 aliphatic heterocycles. The van der Waals surface area contributed by atoms with Gasteiger partial charge < -0.3 is 15.2 Å². The van der Waals surface area contributed by atoms with Gasteiger partial charge >= 0.3 is 12.1 Å². The number of amides is 2. The summed E-state index contributed by atoms with van der Waals surface area (Å²) in [5.74, 6) is -1.91. The Morgan fingerprint density at radius 1 is 1.00 bits per heavy atom. The summed E-state index contributed by atoms with van der Waals surface area (Å²) in [6.07, 6.45) is 1.54. The van der Waals surface area contributed by atoms with Crippen LogP contribution in [0.4, 0.5) is 10.5 Å². The molecule has 0 fully saturated rings. The summed E-state index contributed by atoms with van der Waals surface area (Å²) in [5, 5.41) is 14.3. The maximum atomic E-state index is 12.6. The van der Waals surface area contributed by atoms with Gasteiger partial charge in [-0.05, 0) is 40.8 Å². The number of benzene rings is 2. The Kier molecular flexibility index (Phi) is 6.87. The van der Waals surface area contributed by atoms with Gasteiger partial charge in [-0.25, -0.2) is 14.6 Å². The Morgan fingerprint density at radius 3 is 2.26 bits per heavy atom. The zero-order valence-electron chi connectivity index (χ0n) is 18.7. The highest BCUT2D eigenvalue weighted by atomic mass is 16.5. The average molecular weight is 460 g/mol. The van der Waals surface area contributed by atoms with E-state index in [2.05, 4.69) is 27.8 Å². The van der Waals surface area contributed by atoms with Gasteiger partial charge in [-0.15, -0.1) is 0 Å². The number of carbonyl (C=O) groups excluding carboxylic acids is 2. The van der Waals surface area contributed by atoms with Crippen LogP contribution in [0.15, 0.2) is 66.9 Å². The minimum absolute atomic E-state index is 0.0849. The number of hydrogen-bond acceptors (Lipinski definition) is 5. The molecular formula is C26H25N3O5. The summed E-state index contributed by atoms with van der Waals surface area (Å²) >= 11 is 0. The molecule has 0 spiro atoms. The second-order valence-electron chi connectivity index (χ2n) is 8.00. The molecule has 8 heteroatoms. The molecule has 3 N–H and O–H groups in total. The Hall–Kier alpha value is -4.20. The Morgan fingerprint density at radius 2 is 1.65 bits per heavy atom. The fourth-order valence-electron chi connectivity index (χ4n) is 4.20. The normalized spacial score (nSPS) is 12.9. The largest absolute Gasteiger partial charge is 0.480 e. The van der Waals surface area contributed by atoms with Gasteiger partial charge in [-0.1, -0.05) is 61.9 Å². The molecule has 4 rings (SSSR count). The van der Waals surface area contributed by atoms with Crippen LogP contribution in [0.2, 0.25) is 0 Å². The molecule has 1 aliphatic carbocycles. The van der Waals surface area contributed by atoms with Crippen LogP contribution in [0.3, 0.4) is 0 Å². The molecule has 34 heavy (non-hydrogen) atoms. The molecule has 0 saturated carbocycles. The minimum atomic E-state index is -1.13. The highest BCUT2D eigenvalue weighted by molar-refractivity contribution is 6.02. The van der Waals surface area contributed by atoms with E-state index in [1.54, 1.807) is 6.07 Å². The van der Waals surface area contributed by atoms with Crippen molar-refractivity contribution in [2.75, 3.05) is 11.9 Å². The summed E-state index contributed by atoms with van der Waals surface area (Å²) in [7, 11) is 0. The van der Waals surface area contributed by atoms with E-state index in [1.807, 2.05) is 43.3 Å². The van der Waals surface area contributed by atoms with Gasteiger partial charge in [0.05, 0.1) is 5.69 Å². The van der Waals surface area contributed by atoms with E-state index in [9.17, 15) is 19.5 Å². The first-order valence-corrected chi connectivity index (χ1v) is 11.1.